The van der Waals surface area contributed by atoms with E-state index in [2.05, 4.69) is 33.2 Å². The Morgan fingerprint density at radius 1 is 1.10 bits per heavy atom. The van der Waals surface area contributed by atoms with E-state index >= 15 is 0 Å². The third-order valence-corrected chi connectivity index (χ3v) is 4.56. The third kappa shape index (κ3) is 6.49. The van der Waals surface area contributed by atoms with Crippen molar-refractivity contribution in [3.8, 4) is 5.75 Å². The van der Waals surface area contributed by atoms with Crippen LogP contribution in [0.2, 0.25) is 0 Å². The van der Waals surface area contributed by atoms with Crippen molar-refractivity contribution < 1.29 is 9.47 Å². The fraction of sp³-hybridized carbons (Fsp3) is 0.391. The number of ether oxygens (including phenoxy) is 2. The molecule has 0 unspecified atom stereocenters. The number of rotatable bonds is 11. The van der Waals surface area contributed by atoms with Gasteiger partial charge in [0, 0.05) is 51.5 Å². The summed E-state index contributed by atoms with van der Waals surface area (Å²) in [6, 6.07) is 16.1. The number of aryl methyl sites for hydroxylation is 1. The molecular formula is C23H31N5O2. The second-order valence-electron chi connectivity index (χ2n) is 6.89. The molecule has 0 spiro atoms. The molecule has 0 bridgehead atoms. The van der Waals surface area contributed by atoms with Crippen LogP contribution >= 0.6 is 0 Å². The number of anilines is 1. The molecule has 0 radical (unpaired) electrons. The quantitative estimate of drug-likeness (QED) is 0.285. The van der Waals surface area contributed by atoms with Crippen LogP contribution in [0, 0.1) is 0 Å². The maximum atomic E-state index is 5.78. The average molecular weight is 410 g/mol. The van der Waals surface area contributed by atoms with E-state index in [0.29, 0.717) is 13.2 Å². The van der Waals surface area contributed by atoms with E-state index in [-0.39, 0.29) is 0 Å². The van der Waals surface area contributed by atoms with Gasteiger partial charge in [-0.15, -0.1) is 0 Å². The number of aromatic nitrogens is 2. The van der Waals surface area contributed by atoms with E-state index < -0.39 is 0 Å². The van der Waals surface area contributed by atoms with Crippen LogP contribution in [0.1, 0.15) is 19.8 Å². The predicted octanol–water partition coefficient (Wildman–Crippen LogP) is 3.92. The van der Waals surface area contributed by atoms with E-state index in [1.807, 2.05) is 48.8 Å². The van der Waals surface area contributed by atoms with E-state index in [9.17, 15) is 0 Å². The minimum Gasteiger partial charge on any atom is -0.493 e. The minimum atomic E-state index is 0.633. The summed E-state index contributed by atoms with van der Waals surface area (Å²) in [4.78, 5) is 9.15. The van der Waals surface area contributed by atoms with Crippen LogP contribution < -0.4 is 15.4 Å². The summed E-state index contributed by atoms with van der Waals surface area (Å²) >= 11 is 0. The highest BCUT2D eigenvalue weighted by Gasteiger charge is 2.03. The van der Waals surface area contributed by atoms with Crippen molar-refractivity contribution in [1.29, 1.82) is 0 Å². The molecule has 2 aromatic carbocycles. The smallest absolute Gasteiger partial charge is 0.195 e. The average Bonchev–Trinajstić information content (AvgIpc) is 3.18. The molecule has 160 valence electrons. The Morgan fingerprint density at radius 3 is 2.87 bits per heavy atom. The van der Waals surface area contributed by atoms with Gasteiger partial charge in [-0.2, -0.15) is 0 Å². The fourth-order valence-electron chi connectivity index (χ4n) is 3.12. The molecule has 0 fully saturated rings. The molecule has 30 heavy (non-hydrogen) atoms. The second kappa shape index (κ2) is 11.8. The van der Waals surface area contributed by atoms with Crippen molar-refractivity contribution >= 4 is 22.7 Å². The van der Waals surface area contributed by atoms with E-state index in [1.165, 1.54) is 0 Å². The Kier molecular flexibility index (Phi) is 8.53. The molecule has 0 aliphatic rings. The molecule has 3 aromatic rings. The van der Waals surface area contributed by atoms with Gasteiger partial charge in [0.1, 0.15) is 5.75 Å². The number of guanidine groups is 1. The summed E-state index contributed by atoms with van der Waals surface area (Å²) in [7, 11) is 1.70. The standard InChI is InChI=1S/C23H31N5O2/c1-3-24-23(27-19-9-6-10-20(17-19)30-16-8-15-29-2)25-13-7-14-28-18-26-21-11-4-5-12-22(21)28/h4-6,9-12,17-18H,3,7-8,13-16H2,1-2H3,(H2,24,25,27). The Morgan fingerprint density at radius 2 is 2.00 bits per heavy atom. The summed E-state index contributed by atoms with van der Waals surface area (Å²) in [5.74, 6) is 1.60. The van der Waals surface area contributed by atoms with Crippen molar-refractivity contribution in [3.05, 3.63) is 54.9 Å². The van der Waals surface area contributed by atoms with E-state index in [1.54, 1.807) is 7.11 Å². The number of aliphatic imine (C=N–C) groups is 1. The van der Waals surface area contributed by atoms with Gasteiger partial charge in [-0.25, -0.2) is 4.98 Å². The van der Waals surface area contributed by atoms with Gasteiger partial charge >= 0.3 is 0 Å². The predicted molar refractivity (Wildman–Crippen MR) is 122 cm³/mol. The zero-order valence-corrected chi connectivity index (χ0v) is 17.8. The van der Waals surface area contributed by atoms with Crippen molar-refractivity contribution in [2.75, 3.05) is 38.7 Å². The highest BCUT2D eigenvalue weighted by Crippen LogP contribution is 2.17. The molecule has 0 aliphatic heterocycles. The third-order valence-electron chi connectivity index (χ3n) is 4.56. The topological polar surface area (TPSA) is 72.7 Å². The largest absolute Gasteiger partial charge is 0.493 e. The molecule has 1 heterocycles. The summed E-state index contributed by atoms with van der Waals surface area (Å²) in [6.07, 6.45) is 3.69. The lowest BCUT2D eigenvalue weighted by atomic mass is 10.3. The lowest BCUT2D eigenvalue weighted by Gasteiger charge is -2.13. The second-order valence-corrected chi connectivity index (χ2v) is 6.89. The number of benzene rings is 2. The maximum Gasteiger partial charge on any atom is 0.195 e. The van der Waals surface area contributed by atoms with Crippen LogP contribution in [0.25, 0.3) is 11.0 Å². The van der Waals surface area contributed by atoms with Crippen molar-refractivity contribution in [2.45, 2.75) is 26.3 Å². The van der Waals surface area contributed by atoms with Crippen molar-refractivity contribution in [1.82, 2.24) is 14.9 Å². The number of fused-ring (bicyclic) bond motifs is 1. The molecule has 1 aromatic heterocycles. The van der Waals surface area contributed by atoms with Crippen LogP contribution in [0.15, 0.2) is 59.9 Å². The Bertz CT molecular complexity index is 938. The van der Waals surface area contributed by atoms with Crippen LogP contribution in [-0.2, 0) is 11.3 Å². The molecule has 0 aliphatic carbocycles. The molecule has 7 heteroatoms. The lowest BCUT2D eigenvalue weighted by molar-refractivity contribution is 0.172. The SMILES string of the molecule is CCNC(=NCCCn1cnc2ccccc21)Nc1cccc(OCCCOC)c1. The van der Waals surface area contributed by atoms with Gasteiger partial charge in [-0.05, 0) is 37.6 Å². The monoisotopic (exact) mass is 409 g/mol. The number of methoxy groups -OCH3 is 1. The van der Waals surface area contributed by atoms with Crippen LogP contribution in [0.4, 0.5) is 5.69 Å². The Balaban J connectivity index is 1.53. The number of para-hydroxylation sites is 2. The van der Waals surface area contributed by atoms with Crippen molar-refractivity contribution in [3.63, 3.8) is 0 Å². The molecule has 0 amide bonds. The maximum absolute atomic E-state index is 5.78. The van der Waals surface area contributed by atoms with Gasteiger partial charge < -0.3 is 24.7 Å². The van der Waals surface area contributed by atoms with Crippen LogP contribution in [-0.4, -0.2) is 48.9 Å². The molecule has 0 saturated heterocycles. The highest BCUT2D eigenvalue weighted by molar-refractivity contribution is 5.93. The zero-order valence-electron chi connectivity index (χ0n) is 17.8. The van der Waals surface area contributed by atoms with Gasteiger partial charge in [0.15, 0.2) is 5.96 Å². The lowest BCUT2D eigenvalue weighted by Crippen LogP contribution is -2.30. The van der Waals surface area contributed by atoms with Gasteiger partial charge in [-0.1, -0.05) is 18.2 Å². The number of nitrogens with zero attached hydrogens (tertiary/aromatic N) is 3. The first-order valence-corrected chi connectivity index (χ1v) is 10.5. The van der Waals surface area contributed by atoms with Crippen LogP contribution in [0.3, 0.4) is 0 Å². The molecule has 7 nitrogen and oxygen atoms in total. The number of imidazole rings is 1. The summed E-state index contributed by atoms with van der Waals surface area (Å²) in [5, 5.41) is 6.66. The highest BCUT2D eigenvalue weighted by atomic mass is 16.5. The number of nitrogens with one attached hydrogen (secondary N) is 2. The molecule has 3 rings (SSSR count). The fourth-order valence-corrected chi connectivity index (χ4v) is 3.12. The van der Waals surface area contributed by atoms with E-state index in [4.69, 9.17) is 14.5 Å². The first-order chi connectivity index (χ1) is 14.8. The molecule has 0 saturated carbocycles. The zero-order chi connectivity index (χ0) is 21.0. The van der Waals surface area contributed by atoms with Gasteiger partial charge in [-0.3, -0.25) is 4.99 Å². The Labute approximate surface area is 178 Å². The first kappa shape index (κ1) is 21.6. The summed E-state index contributed by atoms with van der Waals surface area (Å²) < 4.78 is 13.0. The minimum absolute atomic E-state index is 0.633. The normalized spacial score (nSPS) is 11.6. The van der Waals surface area contributed by atoms with Gasteiger partial charge in [0.05, 0.1) is 24.0 Å². The number of hydrogen-bond donors (Lipinski definition) is 2. The van der Waals surface area contributed by atoms with Gasteiger partial charge in [0.25, 0.3) is 0 Å². The van der Waals surface area contributed by atoms with Gasteiger partial charge in [0.2, 0.25) is 0 Å². The first-order valence-electron chi connectivity index (χ1n) is 10.5. The molecular weight excluding hydrogens is 378 g/mol. The number of hydrogen-bond acceptors (Lipinski definition) is 4. The molecule has 0 atom stereocenters. The van der Waals surface area contributed by atoms with Crippen molar-refractivity contribution in [2.24, 2.45) is 4.99 Å². The molecule has 2 N–H and O–H groups in total. The Hall–Kier alpha value is -3.06. The van der Waals surface area contributed by atoms with E-state index in [0.717, 1.165) is 60.9 Å². The summed E-state index contributed by atoms with van der Waals surface area (Å²) in [5.41, 5.74) is 3.13. The summed E-state index contributed by atoms with van der Waals surface area (Å²) in [6.45, 7) is 5.79. The van der Waals surface area contributed by atoms with Crippen LogP contribution in [0.5, 0.6) is 5.75 Å².